The maximum absolute atomic E-state index is 12.1. The molecule has 0 radical (unpaired) electrons. The number of carbonyl (C=O) groups is 1. The summed E-state index contributed by atoms with van der Waals surface area (Å²) >= 11 is 0. The molecule has 0 atom stereocenters. The quantitative estimate of drug-likeness (QED) is 0.470. The van der Waals surface area contributed by atoms with Crippen LogP contribution in [0.25, 0.3) is 11.0 Å². The number of benzene rings is 2. The molecule has 2 aromatic carbocycles. The van der Waals surface area contributed by atoms with Crippen LogP contribution in [0.4, 0.5) is 5.69 Å². The second-order valence-corrected chi connectivity index (χ2v) is 6.44. The molecule has 1 heterocycles. The maximum Gasteiger partial charge on any atom is 0.336 e. The highest BCUT2D eigenvalue weighted by Crippen LogP contribution is 2.19. The molecule has 0 aliphatic carbocycles. The van der Waals surface area contributed by atoms with Crippen LogP contribution in [0.15, 0.2) is 63.8 Å². The van der Waals surface area contributed by atoms with Crippen LogP contribution in [0, 0.1) is 0 Å². The van der Waals surface area contributed by atoms with Crippen molar-refractivity contribution in [1.82, 2.24) is 0 Å². The number of unbranched alkanes of at least 4 members (excludes halogenated alkanes) is 2. The van der Waals surface area contributed by atoms with Crippen LogP contribution >= 0.6 is 0 Å². The van der Waals surface area contributed by atoms with Crippen LogP contribution < -0.4 is 15.7 Å². The number of carbonyl (C=O) groups excluding carboxylic acids is 1. The Hall–Kier alpha value is -3.08. The van der Waals surface area contributed by atoms with E-state index >= 15 is 0 Å². The normalized spacial score (nSPS) is 10.7. The Bertz CT molecular complexity index is 960. The van der Waals surface area contributed by atoms with Crippen LogP contribution in [-0.4, -0.2) is 12.5 Å². The fraction of sp³-hybridized carbons (Fsp3) is 0.273. The number of hydrogen-bond donors (Lipinski definition) is 1. The lowest BCUT2D eigenvalue weighted by molar-refractivity contribution is -0.118. The van der Waals surface area contributed by atoms with Gasteiger partial charge in [0.25, 0.3) is 5.91 Å². The third kappa shape index (κ3) is 5.45. The van der Waals surface area contributed by atoms with E-state index in [9.17, 15) is 9.59 Å². The van der Waals surface area contributed by atoms with Crippen molar-refractivity contribution in [3.05, 3.63) is 70.6 Å². The van der Waals surface area contributed by atoms with Crippen molar-refractivity contribution in [3.63, 3.8) is 0 Å². The Labute approximate surface area is 158 Å². The molecule has 5 nitrogen and oxygen atoms in total. The molecule has 5 heteroatoms. The highest BCUT2D eigenvalue weighted by Gasteiger charge is 2.06. The molecule has 140 valence electrons. The van der Waals surface area contributed by atoms with Crippen LogP contribution in [0.2, 0.25) is 0 Å². The van der Waals surface area contributed by atoms with Gasteiger partial charge in [0, 0.05) is 23.2 Å². The first kappa shape index (κ1) is 18.7. The fourth-order valence-electron chi connectivity index (χ4n) is 2.81. The van der Waals surface area contributed by atoms with Gasteiger partial charge in [-0.25, -0.2) is 4.79 Å². The highest BCUT2D eigenvalue weighted by atomic mass is 16.5. The molecule has 27 heavy (non-hydrogen) atoms. The predicted molar refractivity (Wildman–Crippen MR) is 106 cm³/mol. The molecule has 1 aromatic heterocycles. The minimum atomic E-state index is -0.421. The molecule has 0 fully saturated rings. The molecule has 3 aromatic rings. The lowest BCUT2D eigenvalue weighted by atomic mass is 10.1. The molecule has 0 unspecified atom stereocenters. The Balaban J connectivity index is 1.52. The van der Waals surface area contributed by atoms with Gasteiger partial charge in [-0.3, -0.25) is 4.79 Å². The van der Waals surface area contributed by atoms with Gasteiger partial charge in [0.05, 0.1) is 0 Å². The molecule has 1 N–H and O–H groups in total. The highest BCUT2D eigenvalue weighted by molar-refractivity contribution is 5.92. The summed E-state index contributed by atoms with van der Waals surface area (Å²) in [6.45, 7) is 2.06. The summed E-state index contributed by atoms with van der Waals surface area (Å²) in [5, 5.41) is 3.61. The summed E-state index contributed by atoms with van der Waals surface area (Å²) in [4.78, 5) is 23.4. The van der Waals surface area contributed by atoms with E-state index < -0.39 is 5.63 Å². The van der Waals surface area contributed by atoms with Crippen molar-refractivity contribution in [2.24, 2.45) is 0 Å². The number of hydrogen-bond acceptors (Lipinski definition) is 4. The number of rotatable bonds is 8. The topological polar surface area (TPSA) is 68.5 Å². The van der Waals surface area contributed by atoms with Crippen LogP contribution in [0.1, 0.15) is 31.7 Å². The van der Waals surface area contributed by atoms with Crippen molar-refractivity contribution in [2.45, 2.75) is 32.6 Å². The van der Waals surface area contributed by atoms with E-state index in [0.717, 1.165) is 17.5 Å². The number of ether oxygens (including phenoxy) is 1. The van der Waals surface area contributed by atoms with E-state index in [-0.39, 0.29) is 12.5 Å². The predicted octanol–water partition coefficient (Wildman–Crippen LogP) is 4.54. The zero-order valence-corrected chi connectivity index (χ0v) is 15.4. The monoisotopic (exact) mass is 365 g/mol. The largest absolute Gasteiger partial charge is 0.484 e. The molecule has 0 bridgehead atoms. The van der Waals surface area contributed by atoms with Gasteiger partial charge < -0.3 is 14.5 Å². The van der Waals surface area contributed by atoms with Gasteiger partial charge >= 0.3 is 5.63 Å². The SMILES string of the molecule is CCCCCc1ccc(NC(=O)COc2ccc3ccc(=O)oc3c2)cc1. The van der Waals surface area contributed by atoms with Crippen LogP contribution in [0.3, 0.4) is 0 Å². The van der Waals surface area contributed by atoms with Crippen LogP contribution in [0.5, 0.6) is 5.75 Å². The zero-order valence-electron chi connectivity index (χ0n) is 15.4. The molecule has 1 amide bonds. The van der Waals surface area contributed by atoms with Gasteiger partial charge in [0.15, 0.2) is 6.61 Å². The van der Waals surface area contributed by atoms with E-state index in [0.29, 0.717) is 11.3 Å². The fourth-order valence-corrected chi connectivity index (χ4v) is 2.81. The molecule has 0 aliphatic rings. The number of anilines is 1. The molecule has 3 rings (SSSR count). The molecular formula is C22H23NO4. The lowest BCUT2D eigenvalue weighted by Gasteiger charge is -2.09. The van der Waals surface area contributed by atoms with E-state index in [4.69, 9.17) is 9.15 Å². The Morgan fingerprint density at radius 1 is 1.04 bits per heavy atom. The van der Waals surface area contributed by atoms with Gasteiger partial charge in [0.1, 0.15) is 11.3 Å². The van der Waals surface area contributed by atoms with E-state index in [2.05, 4.69) is 12.2 Å². The third-order valence-electron chi connectivity index (χ3n) is 4.27. The number of amides is 1. The van der Waals surface area contributed by atoms with Crippen molar-refractivity contribution >= 4 is 22.6 Å². The summed E-state index contributed by atoms with van der Waals surface area (Å²) < 4.78 is 10.6. The third-order valence-corrected chi connectivity index (χ3v) is 4.27. The van der Waals surface area contributed by atoms with Crippen molar-refractivity contribution in [1.29, 1.82) is 0 Å². The number of aryl methyl sites for hydroxylation is 1. The Kier molecular flexibility index (Phi) is 6.26. The van der Waals surface area contributed by atoms with Crippen molar-refractivity contribution in [2.75, 3.05) is 11.9 Å². The summed E-state index contributed by atoms with van der Waals surface area (Å²) in [5.74, 6) is 0.224. The molecule has 0 spiro atoms. The van der Waals surface area contributed by atoms with Gasteiger partial charge in [-0.05, 0) is 48.7 Å². The first-order chi connectivity index (χ1) is 13.1. The minimum absolute atomic E-state index is 0.124. The summed E-state index contributed by atoms with van der Waals surface area (Å²) in [5.41, 5.74) is 2.03. The Morgan fingerprint density at radius 3 is 2.59 bits per heavy atom. The van der Waals surface area contributed by atoms with E-state index in [1.54, 1.807) is 24.3 Å². The Morgan fingerprint density at radius 2 is 1.81 bits per heavy atom. The summed E-state index contributed by atoms with van der Waals surface area (Å²) in [7, 11) is 0. The standard InChI is InChI=1S/C22H23NO4/c1-2-3-4-5-16-6-10-18(11-7-16)23-21(24)15-26-19-12-8-17-9-13-22(25)27-20(17)14-19/h6-14H,2-5,15H2,1H3,(H,23,24). The van der Waals surface area contributed by atoms with Gasteiger partial charge in [-0.2, -0.15) is 0 Å². The molecule has 0 saturated carbocycles. The van der Waals surface area contributed by atoms with Crippen molar-refractivity contribution in [3.8, 4) is 5.75 Å². The lowest BCUT2D eigenvalue weighted by Crippen LogP contribution is -2.20. The summed E-state index contributed by atoms with van der Waals surface area (Å²) in [6, 6.07) is 16.1. The van der Waals surface area contributed by atoms with Gasteiger partial charge in [-0.15, -0.1) is 0 Å². The molecule has 0 aliphatic heterocycles. The average Bonchev–Trinajstić information content (AvgIpc) is 2.67. The maximum atomic E-state index is 12.1. The zero-order chi connectivity index (χ0) is 19.1. The second kappa shape index (κ2) is 9.03. The average molecular weight is 365 g/mol. The first-order valence-corrected chi connectivity index (χ1v) is 9.19. The number of nitrogens with one attached hydrogen (secondary N) is 1. The molecule has 0 saturated heterocycles. The smallest absolute Gasteiger partial charge is 0.336 e. The van der Waals surface area contributed by atoms with Gasteiger partial charge in [0.2, 0.25) is 0 Å². The second-order valence-electron chi connectivity index (χ2n) is 6.44. The minimum Gasteiger partial charge on any atom is -0.484 e. The first-order valence-electron chi connectivity index (χ1n) is 9.19. The van der Waals surface area contributed by atoms with Gasteiger partial charge in [-0.1, -0.05) is 31.9 Å². The van der Waals surface area contributed by atoms with Crippen LogP contribution in [-0.2, 0) is 11.2 Å². The van der Waals surface area contributed by atoms with E-state index in [1.165, 1.54) is 30.9 Å². The molecular weight excluding hydrogens is 342 g/mol. The van der Waals surface area contributed by atoms with Crippen molar-refractivity contribution < 1.29 is 13.9 Å². The summed E-state index contributed by atoms with van der Waals surface area (Å²) in [6.07, 6.45) is 4.68. The van der Waals surface area contributed by atoms with E-state index in [1.807, 2.05) is 24.3 Å². The number of fused-ring (bicyclic) bond motifs is 1.